The van der Waals surface area contributed by atoms with Crippen LogP contribution >= 0.6 is 8.58 Å². The molecule has 4 atom stereocenters. The molecule has 0 radical (unpaired) electrons. The minimum atomic E-state index is -0.555. The van der Waals surface area contributed by atoms with Crippen LogP contribution in [-0.4, -0.2) is 64.6 Å². The topological polar surface area (TPSA) is 72.5 Å². The van der Waals surface area contributed by atoms with Crippen molar-refractivity contribution in [2.75, 3.05) is 21.3 Å². The molecule has 2 rings (SSSR count). The molecule has 0 saturated carbocycles. The summed E-state index contributed by atoms with van der Waals surface area (Å²) in [5.41, 5.74) is 3.80. The van der Waals surface area contributed by atoms with Gasteiger partial charge in [0.05, 0.1) is 5.30 Å². The summed E-state index contributed by atoms with van der Waals surface area (Å²) in [4.78, 5) is 13.7. The maximum absolute atomic E-state index is 13.7. The molecule has 2 aromatic rings. The fourth-order valence-corrected chi connectivity index (χ4v) is 4.82. The van der Waals surface area contributed by atoms with E-state index in [1.54, 1.807) is 54.2 Å². The summed E-state index contributed by atoms with van der Waals surface area (Å²) in [7, 11) is 4.41. The molecular formula is C28H42LiO7P. The van der Waals surface area contributed by atoms with E-state index in [-0.39, 0.29) is 38.4 Å². The van der Waals surface area contributed by atoms with Gasteiger partial charge in [0, 0.05) is 39.0 Å². The van der Waals surface area contributed by atoms with Crippen molar-refractivity contribution in [2.45, 2.75) is 79.7 Å². The number of benzene rings is 2. The normalized spacial score (nSPS) is 14.1. The Morgan fingerprint density at radius 1 is 0.757 bits per heavy atom. The second-order valence-electron chi connectivity index (χ2n) is 9.75. The average molecular weight is 529 g/mol. The SMILES string of the molecule is COC(C)Oc1cc(OC(C)OC)c(PC(=O)c2c(C)cc(C(C)(C)C)cc2C)c(OC(C)OC)c1.[LiH]. The second-order valence-corrected chi connectivity index (χ2v) is 11.0. The van der Waals surface area contributed by atoms with Gasteiger partial charge in [-0.05, 0) is 65.3 Å². The molecule has 4 unspecified atom stereocenters. The molecule has 0 heterocycles. The third kappa shape index (κ3) is 9.28. The van der Waals surface area contributed by atoms with Gasteiger partial charge in [-0.3, -0.25) is 4.79 Å². The molecular weight excluding hydrogens is 486 g/mol. The van der Waals surface area contributed by atoms with Crippen molar-refractivity contribution in [1.29, 1.82) is 0 Å². The summed E-state index contributed by atoms with van der Waals surface area (Å²) in [5.74, 6) is 1.36. The van der Waals surface area contributed by atoms with Crippen LogP contribution in [0.4, 0.5) is 0 Å². The number of hydrogen-bond donors (Lipinski definition) is 0. The molecule has 0 aliphatic heterocycles. The molecule has 0 spiro atoms. The fraction of sp³-hybridized carbons (Fsp3) is 0.536. The van der Waals surface area contributed by atoms with Crippen LogP contribution in [0, 0.1) is 13.8 Å². The van der Waals surface area contributed by atoms with Crippen LogP contribution in [0.5, 0.6) is 17.2 Å². The maximum atomic E-state index is 13.7. The Bertz CT molecular complexity index is 995. The Balaban J connectivity index is 0.00000684. The van der Waals surface area contributed by atoms with E-state index < -0.39 is 18.9 Å². The molecule has 0 aliphatic rings. The van der Waals surface area contributed by atoms with Gasteiger partial charge in [-0.25, -0.2) is 0 Å². The van der Waals surface area contributed by atoms with Gasteiger partial charge < -0.3 is 28.4 Å². The summed E-state index contributed by atoms with van der Waals surface area (Å²) >= 11 is 0. The Hall–Kier alpha value is -1.58. The second kappa shape index (κ2) is 14.5. The van der Waals surface area contributed by atoms with E-state index in [2.05, 4.69) is 32.9 Å². The van der Waals surface area contributed by atoms with E-state index in [1.165, 1.54) is 5.56 Å². The van der Waals surface area contributed by atoms with Crippen LogP contribution in [0.15, 0.2) is 24.3 Å². The van der Waals surface area contributed by atoms with Crippen molar-refractivity contribution in [3.63, 3.8) is 0 Å². The van der Waals surface area contributed by atoms with E-state index in [0.717, 1.165) is 11.1 Å². The third-order valence-electron chi connectivity index (χ3n) is 5.79. The van der Waals surface area contributed by atoms with Gasteiger partial charge in [-0.15, -0.1) is 0 Å². The van der Waals surface area contributed by atoms with Gasteiger partial charge in [0.2, 0.25) is 0 Å². The van der Waals surface area contributed by atoms with E-state index in [4.69, 9.17) is 28.4 Å². The summed E-state index contributed by atoms with van der Waals surface area (Å²) in [6.45, 7) is 15.8. The van der Waals surface area contributed by atoms with Crippen molar-refractivity contribution in [1.82, 2.24) is 0 Å². The summed E-state index contributed by atoms with van der Waals surface area (Å²) in [6, 6.07) is 7.66. The first-order chi connectivity index (χ1) is 16.8. The molecule has 7 nitrogen and oxygen atoms in total. The molecule has 0 bridgehead atoms. The zero-order valence-electron chi connectivity index (χ0n) is 23.4. The standard InChI is InChI=1S/C28H41O7P.Li.H/c1-16-12-21(28(6,7)8)13-17(2)25(16)27(29)36-26-23(34-19(4)31-10)14-22(33-18(3)30-9)15-24(26)35-20(5)32-11;;/h12-15,18-20,36H,1-11H3;;. The molecule has 0 aromatic heterocycles. The predicted octanol–water partition coefficient (Wildman–Crippen LogP) is 5.21. The molecule has 2 aromatic carbocycles. The molecule has 0 amide bonds. The van der Waals surface area contributed by atoms with Gasteiger partial charge in [-0.1, -0.05) is 32.9 Å². The summed E-state index contributed by atoms with van der Waals surface area (Å²) < 4.78 is 33.9. The number of methoxy groups -OCH3 is 3. The summed E-state index contributed by atoms with van der Waals surface area (Å²) in [5, 5.41) is 0.615. The van der Waals surface area contributed by atoms with Crippen LogP contribution in [0.3, 0.4) is 0 Å². The van der Waals surface area contributed by atoms with Crippen LogP contribution in [0.25, 0.3) is 0 Å². The van der Waals surface area contributed by atoms with Gasteiger partial charge in [0.15, 0.2) is 24.4 Å². The average Bonchev–Trinajstić information content (AvgIpc) is 2.79. The number of hydrogen-bond acceptors (Lipinski definition) is 7. The van der Waals surface area contributed by atoms with Crippen molar-refractivity contribution in [2.24, 2.45) is 0 Å². The number of rotatable bonds is 12. The molecule has 0 saturated heterocycles. The molecule has 9 heteroatoms. The number of carbonyl (C=O) groups excluding carboxylic acids is 1. The Labute approximate surface area is 235 Å². The van der Waals surface area contributed by atoms with E-state index >= 15 is 0 Å². The number of ether oxygens (including phenoxy) is 6. The van der Waals surface area contributed by atoms with Crippen molar-refractivity contribution in [3.05, 3.63) is 46.5 Å². The van der Waals surface area contributed by atoms with E-state index in [1.807, 2.05) is 13.8 Å². The van der Waals surface area contributed by atoms with Gasteiger partial charge >= 0.3 is 18.9 Å². The quantitative estimate of drug-likeness (QED) is 0.213. The molecule has 37 heavy (non-hydrogen) atoms. The first kappa shape index (κ1) is 33.4. The van der Waals surface area contributed by atoms with Crippen LogP contribution in [0.2, 0.25) is 0 Å². The van der Waals surface area contributed by atoms with Gasteiger partial charge in [-0.2, -0.15) is 0 Å². The Morgan fingerprint density at radius 2 is 1.16 bits per heavy atom. The Morgan fingerprint density at radius 3 is 1.54 bits per heavy atom. The van der Waals surface area contributed by atoms with Gasteiger partial charge in [0.25, 0.3) is 0 Å². The van der Waals surface area contributed by atoms with E-state index in [0.29, 0.717) is 28.1 Å². The summed E-state index contributed by atoms with van der Waals surface area (Å²) in [6.07, 6.45) is -1.60. The molecule has 0 fully saturated rings. The van der Waals surface area contributed by atoms with Crippen molar-refractivity contribution in [3.8, 4) is 17.2 Å². The van der Waals surface area contributed by atoms with Crippen LogP contribution in [0.1, 0.15) is 68.6 Å². The first-order valence-corrected chi connectivity index (χ1v) is 13.0. The number of carbonyl (C=O) groups is 1. The fourth-order valence-electron chi connectivity index (χ4n) is 3.57. The zero-order chi connectivity index (χ0) is 27.2. The minimum absolute atomic E-state index is 0. The van der Waals surface area contributed by atoms with E-state index in [9.17, 15) is 4.79 Å². The van der Waals surface area contributed by atoms with Crippen LogP contribution < -0.4 is 19.5 Å². The zero-order valence-corrected chi connectivity index (χ0v) is 24.4. The van der Waals surface area contributed by atoms with Crippen molar-refractivity contribution >= 4 is 38.3 Å². The predicted molar refractivity (Wildman–Crippen MR) is 152 cm³/mol. The van der Waals surface area contributed by atoms with Crippen LogP contribution in [-0.2, 0) is 19.6 Å². The third-order valence-corrected chi connectivity index (χ3v) is 7.01. The monoisotopic (exact) mass is 528 g/mol. The van der Waals surface area contributed by atoms with Gasteiger partial charge in [0.1, 0.15) is 17.2 Å². The van der Waals surface area contributed by atoms with Crippen molar-refractivity contribution < 1.29 is 33.2 Å². The molecule has 0 aliphatic carbocycles. The number of aryl methyl sites for hydroxylation is 2. The Kier molecular flexibility index (Phi) is 13.1. The first-order valence-electron chi connectivity index (χ1n) is 12.0. The molecule has 202 valence electrons. The molecule has 0 N–H and O–H groups in total.